The lowest BCUT2D eigenvalue weighted by Crippen LogP contribution is -2.29. The largest absolute Gasteiger partial charge is 0.331 e. The first kappa shape index (κ1) is 12.7. The Kier molecular flexibility index (Phi) is 3.17. The molecule has 104 valence electrons. The van der Waals surface area contributed by atoms with E-state index >= 15 is 0 Å². The van der Waals surface area contributed by atoms with Crippen molar-refractivity contribution >= 4 is 5.91 Å². The normalized spacial score (nSPS) is 13.8. The van der Waals surface area contributed by atoms with E-state index in [1.165, 1.54) is 16.9 Å². The van der Waals surface area contributed by atoms with E-state index < -0.39 is 6.43 Å². The van der Waals surface area contributed by atoms with Gasteiger partial charge in [-0.1, -0.05) is 6.07 Å². The molecule has 20 heavy (non-hydrogen) atoms. The van der Waals surface area contributed by atoms with E-state index in [1.54, 1.807) is 11.1 Å². The molecule has 0 bridgehead atoms. The van der Waals surface area contributed by atoms with E-state index in [0.29, 0.717) is 13.1 Å². The van der Waals surface area contributed by atoms with Crippen LogP contribution in [0.4, 0.5) is 8.78 Å². The van der Waals surface area contributed by atoms with Crippen LogP contribution in [0.5, 0.6) is 0 Å². The van der Waals surface area contributed by atoms with Gasteiger partial charge in [-0.3, -0.25) is 14.5 Å². The fourth-order valence-electron chi connectivity index (χ4n) is 2.20. The Morgan fingerprint density at radius 1 is 1.35 bits per heavy atom. The summed E-state index contributed by atoms with van der Waals surface area (Å²) in [6.45, 7) is 0.920. The molecule has 0 saturated carbocycles. The summed E-state index contributed by atoms with van der Waals surface area (Å²) in [6.07, 6.45) is 0.461. The number of halogens is 2. The number of nitrogens with zero attached hydrogens (tertiary/aromatic N) is 4. The first-order valence-corrected chi connectivity index (χ1v) is 6.15. The first-order chi connectivity index (χ1) is 9.63. The van der Waals surface area contributed by atoms with Crippen molar-refractivity contribution in [3.05, 3.63) is 47.5 Å². The quantitative estimate of drug-likeness (QED) is 0.859. The monoisotopic (exact) mass is 278 g/mol. The molecule has 7 heteroatoms. The molecular weight excluding hydrogens is 266 g/mol. The van der Waals surface area contributed by atoms with Crippen molar-refractivity contribution in [2.45, 2.75) is 26.1 Å². The van der Waals surface area contributed by atoms with Gasteiger partial charge < -0.3 is 4.90 Å². The van der Waals surface area contributed by atoms with Crippen molar-refractivity contribution in [3.8, 4) is 0 Å². The Morgan fingerprint density at radius 3 is 2.90 bits per heavy atom. The highest BCUT2D eigenvalue weighted by Crippen LogP contribution is 2.20. The third-order valence-electron chi connectivity index (χ3n) is 3.22. The van der Waals surface area contributed by atoms with Crippen molar-refractivity contribution < 1.29 is 13.6 Å². The van der Waals surface area contributed by atoms with Gasteiger partial charge in [0.25, 0.3) is 6.43 Å². The molecule has 3 rings (SSSR count). The first-order valence-electron chi connectivity index (χ1n) is 6.15. The van der Waals surface area contributed by atoms with Crippen LogP contribution in [-0.2, 0) is 24.4 Å². The minimum Gasteiger partial charge on any atom is -0.331 e. The van der Waals surface area contributed by atoms with Crippen molar-refractivity contribution in [2.75, 3.05) is 0 Å². The van der Waals surface area contributed by atoms with Gasteiger partial charge in [0.05, 0.1) is 12.2 Å². The highest BCUT2D eigenvalue weighted by molar-refractivity contribution is 5.76. The van der Waals surface area contributed by atoms with Crippen molar-refractivity contribution in [3.63, 3.8) is 0 Å². The predicted molar refractivity (Wildman–Crippen MR) is 65.7 cm³/mol. The zero-order valence-corrected chi connectivity index (χ0v) is 10.5. The molecule has 0 spiro atoms. The van der Waals surface area contributed by atoms with Crippen LogP contribution in [0.1, 0.15) is 23.4 Å². The molecule has 2 aromatic heterocycles. The van der Waals surface area contributed by atoms with Gasteiger partial charge in [-0.25, -0.2) is 8.78 Å². The number of carbonyl (C=O) groups excluding carboxylic acids is 1. The van der Waals surface area contributed by atoms with Gasteiger partial charge in [0.15, 0.2) is 0 Å². The predicted octanol–water partition coefficient (Wildman–Crippen LogP) is 1.76. The smallest absolute Gasteiger partial charge is 0.282 e. The van der Waals surface area contributed by atoms with Crippen LogP contribution >= 0.6 is 0 Å². The second kappa shape index (κ2) is 4.99. The van der Waals surface area contributed by atoms with Crippen LogP contribution in [0.15, 0.2) is 30.6 Å². The zero-order valence-electron chi connectivity index (χ0n) is 10.5. The summed E-state index contributed by atoms with van der Waals surface area (Å²) >= 11 is 0. The molecule has 0 unspecified atom stereocenters. The minimum absolute atomic E-state index is 0.0410. The third-order valence-corrected chi connectivity index (χ3v) is 3.22. The van der Waals surface area contributed by atoms with Gasteiger partial charge in [0, 0.05) is 18.9 Å². The molecular formula is C13H12F2N4O. The summed E-state index contributed by atoms with van der Waals surface area (Å²) in [5, 5.41) is 3.67. The van der Waals surface area contributed by atoms with Gasteiger partial charge in [-0.2, -0.15) is 5.10 Å². The number of fused-ring (bicyclic) bond motifs is 1. The Bertz CT molecular complexity index is 616. The standard InChI is InChI=1S/C13H12F2N4O/c14-13(15)10-3-5-19(17-10)8-12(20)18-6-9-2-1-4-16-11(9)7-18/h1-5,13H,6-8H2. The zero-order chi connectivity index (χ0) is 14.1. The molecule has 0 N–H and O–H groups in total. The number of aromatic nitrogens is 3. The summed E-state index contributed by atoms with van der Waals surface area (Å²) in [4.78, 5) is 18.0. The van der Waals surface area contributed by atoms with Crippen LogP contribution in [-0.4, -0.2) is 25.6 Å². The molecule has 0 aromatic carbocycles. The van der Waals surface area contributed by atoms with E-state index in [2.05, 4.69) is 10.1 Å². The lowest BCUT2D eigenvalue weighted by Gasteiger charge is -2.14. The summed E-state index contributed by atoms with van der Waals surface area (Å²) < 4.78 is 26.1. The number of rotatable bonds is 3. The van der Waals surface area contributed by atoms with Crippen LogP contribution in [0.2, 0.25) is 0 Å². The molecule has 1 aliphatic rings. The fraction of sp³-hybridized carbons (Fsp3) is 0.308. The van der Waals surface area contributed by atoms with Crippen LogP contribution < -0.4 is 0 Å². The van der Waals surface area contributed by atoms with E-state index in [9.17, 15) is 13.6 Å². The van der Waals surface area contributed by atoms with E-state index in [1.807, 2.05) is 12.1 Å². The highest BCUT2D eigenvalue weighted by Gasteiger charge is 2.24. The fourth-order valence-corrected chi connectivity index (χ4v) is 2.20. The van der Waals surface area contributed by atoms with Crippen molar-refractivity contribution in [2.24, 2.45) is 0 Å². The van der Waals surface area contributed by atoms with Gasteiger partial charge in [-0.05, 0) is 17.7 Å². The minimum atomic E-state index is -2.62. The Labute approximate surface area is 113 Å². The number of amides is 1. The van der Waals surface area contributed by atoms with E-state index in [0.717, 1.165) is 11.3 Å². The second-order valence-electron chi connectivity index (χ2n) is 4.60. The Morgan fingerprint density at radius 2 is 2.20 bits per heavy atom. The maximum atomic E-state index is 12.4. The second-order valence-corrected chi connectivity index (χ2v) is 4.60. The summed E-state index contributed by atoms with van der Waals surface area (Å²) in [5.74, 6) is -0.160. The lowest BCUT2D eigenvalue weighted by atomic mass is 10.2. The molecule has 5 nitrogen and oxygen atoms in total. The molecule has 0 fully saturated rings. The highest BCUT2D eigenvalue weighted by atomic mass is 19.3. The van der Waals surface area contributed by atoms with Crippen molar-refractivity contribution in [1.29, 1.82) is 0 Å². The number of hydrogen-bond acceptors (Lipinski definition) is 3. The van der Waals surface area contributed by atoms with Gasteiger partial charge in [0.2, 0.25) is 5.91 Å². The van der Waals surface area contributed by atoms with Crippen LogP contribution in [0.25, 0.3) is 0 Å². The van der Waals surface area contributed by atoms with Crippen LogP contribution in [0, 0.1) is 0 Å². The average Bonchev–Trinajstić information content (AvgIpc) is 3.04. The maximum absolute atomic E-state index is 12.4. The Hall–Kier alpha value is -2.31. The third kappa shape index (κ3) is 2.38. The average molecular weight is 278 g/mol. The maximum Gasteiger partial charge on any atom is 0.282 e. The van der Waals surface area contributed by atoms with Crippen molar-refractivity contribution in [1.82, 2.24) is 19.7 Å². The molecule has 1 amide bonds. The van der Waals surface area contributed by atoms with Crippen LogP contribution in [0.3, 0.4) is 0 Å². The molecule has 0 aliphatic carbocycles. The van der Waals surface area contributed by atoms with Gasteiger partial charge in [-0.15, -0.1) is 0 Å². The number of alkyl halides is 2. The number of carbonyl (C=O) groups is 1. The topological polar surface area (TPSA) is 51.0 Å². The molecule has 0 radical (unpaired) electrons. The summed E-state index contributed by atoms with van der Waals surface area (Å²) in [5.41, 5.74) is 1.59. The van der Waals surface area contributed by atoms with Gasteiger partial charge >= 0.3 is 0 Å². The molecule has 3 heterocycles. The van der Waals surface area contributed by atoms with E-state index in [-0.39, 0.29) is 18.1 Å². The van der Waals surface area contributed by atoms with Gasteiger partial charge in [0.1, 0.15) is 12.2 Å². The molecule has 0 atom stereocenters. The molecule has 2 aromatic rings. The molecule has 1 aliphatic heterocycles. The Balaban J connectivity index is 1.66. The number of pyridine rings is 1. The SMILES string of the molecule is O=C(Cn1ccc(C(F)F)n1)N1Cc2cccnc2C1. The number of hydrogen-bond donors (Lipinski definition) is 0. The summed E-state index contributed by atoms with van der Waals surface area (Å²) in [7, 11) is 0. The van der Waals surface area contributed by atoms with E-state index in [4.69, 9.17) is 0 Å². The summed E-state index contributed by atoms with van der Waals surface area (Å²) in [6, 6.07) is 4.98. The molecule has 0 saturated heterocycles. The lowest BCUT2D eigenvalue weighted by molar-refractivity contribution is -0.132.